The molecule has 0 aliphatic heterocycles. The largest absolute Gasteiger partial charge is 0.484 e. The quantitative estimate of drug-likeness (QED) is 0.773. The Balaban J connectivity index is 1.60. The van der Waals surface area contributed by atoms with Crippen LogP contribution in [0.1, 0.15) is 12.8 Å². The number of ether oxygens (including phenoxy) is 1. The van der Waals surface area contributed by atoms with E-state index in [0.717, 1.165) is 12.8 Å². The molecule has 0 bridgehead atoms. The van der Waals surface area contributed by atoms with Gasteiger partial charge in [-0.15, -0.1) is 0 Å². The van der Waals surface area contributed by atoms with Gasteiger partial charge in [-0.25, -0.2) is 13.1 Å². The molecule has 0 unspecified atom stereocenters. The van der Waals surface area contributed by atoms with Crippen LogP contribution in [-0.2, 0) is 14.8 Å². The molecule has 3 rings (SSSR count). The summed E-state index contributed by atoms with van der Waals surface area (Å²) >= 11 is 5.85. The first-order valence-electron chi connectivity index (χ1n) is 7.73. The van der Waals surface area contributed by atoms with Crippen molar-refractivity contribution in [1.82, 2.24) is 4.72 Å². The van der Waals surface area contributed by atoms with Crippen molar-refractivity contribution in [2.75, 3.05) is 11.9 Å². The molecule has 2 aromatic rings. The summed E-state index contributed by atoms with van der Waals surface area (Å²) in [7, 11) is -3.56. The van der Waals surface area contributed by atoms with E-state index < -0.39 is 15.9 Å². The monoisotopic (exact) mass is 380 g/mol. The van der Waals surface area contributed by atoms with E-state index in [2.05, 4.69) is 10.0 Å². The van der Waals surface area contributed by atoms with Crippen LogP contribution in [0, 0.1) is 0 Å². The van der Waals surface area contributed by atoms with E-state index in [0.29, 0.717) is 16.5 Å². The second kappa shape index (κ2) is 7.43. The maximum atomic E-state index is 12.2. The molecule has 0 atom stereocenters. The molecule has 0 saturated heterocycles. The molecule has 1 saturated carbocycles. The van der Waals surface area contributed by atoms with Crippen LogP contribution in [0.25, 0.3) is 0 Å². The number of sulfonamides is 1. The molecule has 1 aliphatic carbocycles. The summed E-state index contributed by atoms with van der Waals surface area (Å²) < 4.78 is 32.4. The first-order chi connectivity index (χ1) is 11.9. The molecular weight excluding hydrogens is 364 g/mol. The first kappa shape index (κ1) is 17.7. The summed E-state index contributed by atoms with van der Waals surface area (Å²) in [6.45, 7) is -0.211. The van der Waals surface area contributed by atoms with Gasteiger partial charge in [-0.3, -0.25) is 4.79 Å². The van der Waals surface area contributed by atoms with E-state index in [4.69, 9.17) is 16.3 Å². The zero-order chi connectivity index (χ0) is 17.9. The SMILES string of the molecule is O=C(COc1cccc(Cl)c1)Nc1cccc(S(=O)(=O)NC2CC2)c1. The van der Waals surface area contributed by atoms with Crippen molar-refractivity contribution >= 4 is 33.2 Å². The molecular formula is C17H17ClN2O4S. The lowest BCUT2D eigenvalue weighted by Gasteiger charge is -2.10. The molecule has 0 radical (unpaired) electrons. The molecule has 132 valence electrons. The van der Waals surface area contributed by atoms with Gasteiger partial charge in [0.1, 0.15) is 5.75 Å². The zero-order valence-electron chi connectivity index (χ0n) is 13.2. The van der Waals surface area contributed by atoms with E-state index in [1.165, 1.54) is 12.1 Å². The lowest BCUT2D eigenvalue weighted by atomic mass is 10.3. The molecule has 0 spiro atoms. The first-order valence-corrected chi connectivity index (χ1v) is 9.59. The third-order valence-electron chi connectivity index (χ3n) is 3.49. The Bertz CT molecular complexity index is 882. The number of carbonyl (C=O) groups is 1. The molecule has 6 nitrogen and oxygen atoms in total. The molecule has 8 heteroatoms. The highest BCUT2D eigenvalue weighted by molar-refractivity contribution is 7.89. The number of carbonyl (C=O) groups excluding carboxylic acids is 1. The van der Waals surface area contributed by atoms with Crippen molar-refractivity contribution < 1.29 is 17.9 Å². The van der Waals surface area contributed by atoms with Crippen molar-refractivity contribution in [1.29, 1.82) is 0 Å². The van der Waals surface area contributed by atoms with Gasteiger partial charge in [0.15, 0.2) is 6.61 Å². The van der Waals surface area contributed by atoms with Crippen molar-refractivity contribution in [3.63, 3.8) is 0 Å². The number of amides is 1. The van der Waals surface area contributed by atoms with Gasteiger partial charge in [0, 0.05) is 16.8 Å². The second-order valence-corrected chi connectivity index (χ2v) is 7.87. The molecule has 0 heterocycles. The number of benzene rings is 2. The third-order valence-corrected chi connectivity index (χ3v) is 5.25. The van der Waals surface area contributed by atoms with Crippen molar-refractivity contribution in [3.8, 4) is 5.75 Å². The van der Waals surface area contributed by atoms with Gasteiger partial charge in [0.25, 0.3) is 5.91 Å². The van der Waals surface area contributed by atoms with Crippen molar-refractivity contribution in [2.45, 2.75) is 23.8 Å². The molecule has 25 heavy (non-hydrogen) atoms. The number of hydrogen-bond donors (Lipinski definition) is 2. The minimum Gasteiger partial charge on any atom is -0.484 e. The average Bonchev–Trinajstić information content (AvgIpc) is 3.37. The summed E-state index contributed by atoms with van der Waals surface area (Å²) in [5.74, 6) is 0.0808. The summed E-state index contributed by atoms with van der Waals surface area (Å²) in [5.41, 5.74) is 0.387. The van der Waals surface area contributed by atoms with E-state index in [1.807, 2.05) is 0 Å². The van der Waals surface area contributed by atoms with Crippen LogP contribution in [0.15, 0.2) is 53.4 Å². The fraction of sp³-hybridized carbons (Fsp3) is 0.235. The maximum Gasteiger partial charge on any atom is 0.262 e. The van der Waals surface area contributed by atoms with Gasteiger partial charge in [0.05, 0.1) is 4.90 Å². The topological polar surface area (TPSA) is 84.5 Å². The van der Waals surface area contributed by atoms with E-state index in [9.17, 15) is 13.2 Å². The highest BCUT2D eigenvalue weighted by Crippen LogP contribution is 2.23. The number of nitrogens with one attached hydrogen (secondary N) is 2. The lowest BCUT2D eigenvalue weighted by molar-refractivity contribution is -0.118. The Morgan fingerprint density at radius 3 is 2.64 bits per heavy atom. The fourth-order valence-electron chi connectivity index (χ4n) is 2.13. The van der Waals surface area contributed by atoms with Crippen LogP contribution in [0.2, 0.25) is 5.02 Å². The molecule has 1 fully saturated rings. The Labute approximate surface area is 151 Å². The van der Waals surface area contributed by atoms with Crippen LogP contribution in [-0.4, -0.2) is 27.0 Å². The number of anilines is 1. The van der Waals surface area contributed by atoms with E-state index in [-0.39, 0.29) is 17.5 Å². The van der Waals surface area contributed by atoms with Gasteiger partial charge < -0.3 is 10.1 Å². The fourth-order valence-corrected chi connectivity index (χ4v) is 3.66. The van der Waals surface area contributed by atoms with Crippen molar-refractivity contribution in [2.24, 2.45) is 0 Å². The third kappa shape index (κ3) is 5.19. The smallest absolute Gasteiger partial charge is 0.262 e. The van der Waals surface area contributed by atoms with Gasteiger partial charge in [-0.2, -0.15) is 0 Å². The van der Waals surface area contributed by atoms with Crippen molar-refractivity contribution in [3.05, 3.63) is 53.6 Å². The standard InChI is InChI=1S/C17H17ClN2O4S/c18-12-3-1-5-15(9-12)24-11-17(21)19-14-4-2-6-16(10-14)25(22,23)20-13-7-8-13/h1-6,9-10,13,20H,7-8,11H2,(H,19,21). The van der Waals surface area contributed by atoms with E-state index >= 15 is 0 Å². The Morgan fingerprint density at radius 2 is 1.92 bits per heavy atom. The molecule has 2 N–H and O–H groups in total. The average molecular weight is 381 g/mol. The summed E-state index contributed by atoms with van der Waals surface area (Å²) in [6.07, 6.45) is 1.72. The summed E-state index contributed by atoms with van der Waals surface area (Å²) in [6, 6.07) is 12.8. The number of hydrogen-bond acceptors (Lipinski definition) is 4. The predicted molar refractivity (Wildman–Crippen MR) is 95.4 cm³/mol. The minimum atomic E-state index is -3.56. The number of rotatable bonds is 7. The minimum absolute atomic E-state index is 0.0225. The normalized spacial score (nSPS) is 14.1. The Morgan fingerprint density at radius 1 is 1.16 bits per heavy atom. The number of halogens is 1. The highest BCUT2D eigenvalue weighted by atomic mass is 35.5. The molecule has 1 aliphatic rings. The Kier molecular flexibility index (Phi) is 5.27. The van der Waals surface area contributed by atoms with Crippen LogP contribution < -0.4 is 14.8 Å². The van der Waals surface area contributed by atoms with Crippen LogP contribution in [0.4, 0.5) is 5.69 Å². The van der Waals surface area contributed by atoms with Gasteiger partial charge >= 0.3 is 0 Å². The van der Waals surface area contributed by atoms with Crippen LogP contribution >= 0.6 is 11.6 Å². The zero-order valence-corrected chi connectivity index (χ0v) is 14.8. The van der Waals surface area contributed by atoms with Crippen LogP contribution in [0.3, 0.4) is 0 Å². The van der Waals surface area contributed by atoms with Crippen LogP contribution in [0.5, 0.6) is 5.75 Å². The lowest BCUT2D eigenvalue weighted by Crippen LogP contribution is -2.26. The molecule has 1 amide bonds. The summed E-state index contributed by atoms with van der Waals surface area (Å²) in [4.78, 5) is 12.1. The van der Waals surface area contributed by atoms with Gasteiger partial charge in [-0.1, -0.05) is 23.7 Å². The maximum absolute atomic E-state index is 12.2. The molecule has 0 aromatic heterocycles. The Hall–Kier alpha value is -2.09. The van der Waals surface area contributed by atoms with E-state index in [1.54, 1.807) is 36.4 Å². The highest BCUT2D eigenvalue weighted by Gasteiger charge is 2.28. The summed E-state index contributed by atoms with van der Waals surface area (Å²) in [5, 5.41) is 3.13. The predicted octanol–water partition coefficient (Wildman–Crippen LogP) is 2.80. The second-order valence-electron chi connectivity index (χ2n) is 5.72. The van der Waals surface area contributed by atoms with Gasteiger partial charge in [0.2, 0.25) is 10.0 Å². The van der Waals surface area contributed by atoms with Gasteiger partial charge in [-0.05, 0) is 49.2 Å². The molecule has 2 aromatic carbocycles.